The Labute approximate surface area is 130 Å². The van der Waals surface area contributed by atoms with E-state index in [9.17, 15) is 9.18 Å². The van der Waals surface area contributed by atoms with Crippen LogP contribution in [0.3, 0.4) is 0 Å². The summed E-state index contributed by atoms with van der Waals surface area (Å²) in [5.74, 6) is 1.03. The molecule has 2 fully saturated rings. The summed E-state index contributed by atoms with van der Waals surface area (Å²) in [4.78, 5) is 12.1. The first-order chi connectivity index (χ1) is 10.6. The van der Waals surface area contributed by atoms with E-state index in [1.54, 1.807) is 12.1 Å². The fourth-order valence-corrected chi connectivity index (χ4v) is 3.29. The lowest BCUT2D eigenvalue weighted by atomic mass is 9.94. The minimum Gasteiger partial charge on any atom is -0.381 e. The van der Waals surface area contributed by atoms with E-state index >= 15 is 0 Å². The SMILES string of the molecule is C[C@@H](NC(=O)N[C@@H]1C[C@H]1C1CCOCC1)c1ccc(F)cc1. The minimum atomic E-state index is -0.266. The molecule has 0 aromatic heterocycles. The summed E-state index contributed by atoms with van der Waals surface area (Å²) < 4.78 is 18.3. The van der Waals surface area contributed by atoms with Crippen LogP contribution in [0.1, 0.15) is 37.8 Å². The van der Waals surface area contributed by atoms with Gasteiger partial charge < -0.3 is 15.4 Å². The van der Waals surface area contributed by atoms with Crippen LogP contribution in [-0.2, 0) is 4.74 Å². The lowest BCUT2D eigenvalue weighted by Crippen LogP contribution is -2.39. The highest BCUT2D eigenvalue weighted by atomic mass is 19.1. The summed E-state index contributed by atoms with van der Waals surface area (Å²) in [6.07, 6.45) is 3.29. The van der Waals surface area contributed by atoms with Crippen molar-refractivity contribution in [3.63, 3.8) is 0 Å². The number of rotatable bonds is 4. The largest absolute Gasteiger partial charge is 0.381 e. The third-order valence-electron chi connectivity index (χ3n) is 4.75. The molecule has 1 heterocycles. The Morgan fingerprint density at radius 1 is 1.27 bits per heavy atom. The van der Waals surface area contributed by atoms with Gasteiger partial charge in [-0.3, -0.25) is 0 Å². The quantitative estimate of drug-likeness (QED) is 0.898. The summed E-state index contributed by atoms with van der Waals surface area (Å²) in [7, 11) is 0. The van der Waals surface area contributed by atoms with Crippen molar-refractivity contribution in [1.82, 2.24) is 10.6 Å². The molecule has 3 atom stereocenters. The van der Waals surface area contributed by atoms with Crippen molar-refractivity contribution in [2.45, 2.75) is 38.3 Å². The molecule has 2 N–H and O–H groups in total. The molecule has 0 spiro atoms. The Hall–Kier alpha value is -1.62. The first-order valence-corrected chi connectivity index (χ1v) is 8.03. The Morgan fingerprint density at radius 2 is 1.95 bits per heavy atom. The van der Waals surface area contributed by atoms with Crippen LogP contribution in [0.25, 0.3) is 0 Å². The Morgan fingerprint density at radius 3 is 2.64 bits per heavy atom. The highest BCUT2D eigenvalue weighted by Crippen LogP contribution is 2.42. The second kappa shape index (κ2) is 6.65. The number of hydrogen-bond acceptors (Lipinski definition) is 2. The van der Waals surface area contributed by atoms with Crippen LogP contribution in [0, 0.1) is 17.7 Å². The molecule has 3 rings (SSSR count). The standard InChI is InChI=1S/C17H23FN2O2/c1-11(12-2-4-14(18)5-3-12)19-17(21)20-16-10-15(16)13-6-8-22-9-7-13/h2-5,11,13,15-16H,6-10H2,1H3,(H2,19,20,21)/t11-,15+,16-/m1/s1. The number of carbonyl (C=O) groups excluding carboxylic acids is 1. The zero-order valence-corrected chi connectivity index (χ0v) is 12.8. The molecule has 1 aliphatic heterocycles. The van der Waals surface area contributed by atoms with E-state index in [4.69, 9.17) is 4.74 Å². The molecule has 22 heavy (non-hydrogen) atoms. The summed E-state index contributed by atoms with van der Waals surface area (Å²) in [6, 6.07) is 6.23. The predicted molar refractivity (Wildman–Crippen MR) is 81.9 cm³/mol. The van der Waals surface area contributed by atoms with Gasteiger partial charge in [0.1, 0.15) is 5.82 Å². The molecule has 0 unspecified atom stereocenters. The number of benzene rings is 1. The molecule has 2 aliphatic rings. The van der Waals surface area contributed by atoms with Crippen molar-refractivity contribution in [1.29, 1.82) is 0 Å². The fraction of sp³-hybridized carbons (Fsp3) is 0.588. The van der Waals surface area contributed by atoms with Crippen molar-refractivity contribution in [2.75, 3.05) is 13.2 Å². The van der Waals surface area contributed by atoms with Crippen molar-refractivity contribution in [3.8, 4) is 0 Å². The topological polar surface area (TPSA) is 50.4 Å². The van der Waals surface area contributed by atoms with Crippen molar-refractivity contribution < 1.29 is 13.9 Å². The van der Waals surface area contributed by atoms with Gasteiger partial charge in [0, 0.05) is 19.3 Å². The molecule has 1 aliphatic carbocycles. The van der Waals surface area contributed by atoms with E-state index in [2.05, 4.69) is 10.6 Å². The molecule has 0 radical (unpaired) electrons. The maximum atomic E-state index is 12.9. The van der Waals surface area contributed by atoms with Gasteiger partial charge in [0.25, 0.3) is 0 Å². The average Bonchev–Trinajstić information content (AvgIpc) is 3.27. The maximum absolute atomic E-state index is 12.9. The zero-order chi connectivity index (χ0) is 15.5. The van der Waals surface area contributed by atoms with Crippen LogP contribution in [0.5, 0.6) is 0 Å². The van der Waals surface area contributed by atoms with E-state index in [1.807, 2.05) is 6.92 Å². The molecule has 120 valence electrons. The molecular weight excluding hydrogens is 283 g/mol. The van der Waals surface area contributed by atoms with Crippen LogP contribution < -0.4 is 10.6 Å². The highest BCUT2D eigenvalue weighted by Gasteiger charge is 2.44. The number of carbonyl (C=O) groups is 1. The summed E-state index contributed by atoms with van der Waals surface area (Å²) in [5.41, 5.74) is 0.897. The summed E-state index contributed by atoms with van der Waals surface area (Å²) in [6.45, 7) is 3.60. The Bertz CT molecular complexity index is 514. The van der Waals surface area contributed by atoms with Crippen molar-refractivity contribution in [3.05, 3.63) is 35.6 Å². The molecule has 1 aromatic rings. The van der Waals surface area contributed by atoms with Gasteiger partial charge in [-0.15, -0.1) is 0 Å². The number of amides is 2. The molecule has 0 bridgehead atoms. The van der Waals surface area contributed by atoms with Gasteiger partial charge in [0.2, 0.25) is 0 Å². The van der Waals surface area contributed by atoms with Gasteiger partial charge >= 0.3 is 6.03 Å². The van der Waals surface area contributed by atoms with Crippen molar-refractivity contribution >= 4 is 6.03 Å². The summed E-state index contributed by atoms with van der Waals surface area (Å²) >= 11 is 0. The minimum absolute atomic E-state index is 0.138. The molecule has 5 heteroatoms. The molecule has 2 amide bonds. The van der Waals surface area contributed by atoms with Crippen molar-refractivity contribution in [2.24, 2.45) is 11.8 Å². The number of urea groups is 1. The van der Waals surface area contributed by atoms with Gasteiger partial charge in [0.05, 0.1) is 6.04 Å². The Kier molecular flexibility index (Phi) is 4.62. The summed E-state index contributed by atoms with van der Waals surface area (Å²) in [5, 5.41) is 5.96. The number of hydrogen-bond donors (Lipinski definition) is 2. The lowest BCUT2D eigenvalue weighted by molar-refractivity contribution is 0.0590. The van der Waals surface area contributed by atoms with Gasteiger partial charge in [-0.25, -0.2) is 9.18 Å². The van der Waals surface area contributed by atoms with Gasteiger partial charge in [-0.1, -0.05) is 12.1 Å². The van der Waals surface area contributed by atoms with Crippen LogP contribution in [0.2, 0.25) is 0 Å². The third kappa shape index (κ3) is 3.77. The monoisotopic (exact) mass is 306 g/mol. The number of ether oxygens (including phenoxy) is 1. The fourth-order valence-electron chi connectivity index (χ4n) is 3.29. The lowest BCUT2D eigenvalue weighted by Gasteiger charge is -2.22. The highest BCUT2D eigenvalue weighted by molar-refractivity contribution is 5.75. The first kappa shape index (κ1) is 15.3. The van der Waals surface area contributed by atoms with E-state index in [0.717, 1.165) is 38.0 Å². The van der Waals surface area contributed by atoms with E-state index in [1.165, 1.54) is 12.1 Å². The van der Waals surface area contributed by atoms with Gasteiger partial charge in [-0.2, -0.15) is 0 Å². The van der Waals surface area contributed by atoms with Gasteiger partial charge in [-0.05, 0) is 55.7 Å². The second-order valence-corrected chi connectivity index (χ2v) is 6.35. The maximum Gasteiger partial charge on any atom is 0.315 e. The molecule has 1 saturated carbocycles. The molecule has 1 aromatic carbocycles. The van der Waals surface area contributed by atoms with E-state index in [0.29, 0.717) is 17.9 Å². The average molecular weight is 306 g/mol. The smallest absolute Gasteiger partial charge is 0.315 e. The predicted octanol–water partition coefficient (Wildman–Crippen LogP) is 3.00. The zero-order valence-electron chi connectivity index (χ0n) is 12.8. The Balaban J connectivity index is 1.44. The van der Waals surface area contributed by atoms with E-state index in [-0.39, 0.29) is 17.9 Å². The second-order valence-electron chi connectivity index (χ2n) is 6.35. The normalized spacial score (nSPS) is 26.3. The molecular formula is C17H23FN2O2. The first-order valence-electron chi connectivity index (χ1n) is 8.03. The van der Waals surface area contributed by atoms with Gasteiger partial charge in [0.15, 0.2) is 0 Å². The number of nitrogens with one attached hydrogen (secondary N) is 2. The van der Waals surface area contributed by atoms with Crippen LogP contribution in [0.4, 0.5) is 9.18 Å². The molecule has 4 nitrogen and oxygen atoms in total. The van der Waals surface area contributed by atoms with Crippen LogP contribution >= 0.6 is 0 Å². The van der Waals surface area contributed by atoms with Crippen LogP contribution in [-0.4, -0.2) is 25.3 Å². The number of halogens is 1. The van der Waals surface area contributed by atoms with Crippen LogP contribution in [0.15, 0.2) is 24.3 Å². The molecule has 1 saturated heterocycles. The third-order valence-corrected chi connectivity index (χ3v) is 4.75. The van der Waals surface area contributed by atoms with E-state index < -0.39 is 0 Å².